The predicted octanol–water partition coefficient (Wildman–Crippen LogP) is 2.39. The summed E-state index contributed by atoms with van der Waals surface area (Å²) in [5, 5.41) is 0. The number of aryl methyl sites for hydroxylation is 1. The van der Waals surface area contributed by atoms with Gasteiger partial charge in [-0.05, 0) is 31.2 Å². The first kappa shape index (κ1) is 13.0. The van der Waals surface area contributed by atoms with Gasteiger partial charge >= 0.3 is 0 Å². The van der Waals surface area contributed by atoms with Crippen LogP contribution < -0.4 is 10.6 Å². The lowest BCUT2D eigenvalue weighted by Crippen LogP contribution is -2.27. The lowest BCUT2D eigenvalue weighted by molar-refractivity contribution is 0.0992. The molecule has 2 N–H and O–H groups in total. The highest BCUT2D eigenvalue weighted by molar-refractivity contribution is 6.06. The van der Waals surface area contributed by atoms with E-state index in [0.717, 1.165) is 0 Å². The molecule has 1 amide bonds. The highest BCUT2D eigenvalue weighted by Gasteiger charge is 2.17. The minimum absolute atomic E-state index is 0.275. The molecule has 4 nitrogen and oxygen atoms in total. The topological polar surface area (TPSA) is 59.2 Å². The summed E-state index contributed by atoms with van der Waals surface area (Å²) in [5.74, 6) is -0.664. The van der Waals surface area contributed by atoms with Crippen LogP contribution in [0.2, 0.25) is 0 Å². The minimum Gasteiger partial charge on any atom is -0.397 e. The highest BCUT2D eigenvalue weighted by Crippen LogP contribution is 2.18. The molecule has 1 aromatic carbocycles. The average molecular weight is 259 g/mol. The molecular formula is C14H14FN3O. The SMILES string of the molecule is Cc1ncc(N)cc1C(=O)N(C)c1cccc(F)c1. The summed E-state index contributed by atoms with van der Waals surface area (Å²) in [6.07, 6.45) is 1.49. The Balaban J connectivity index is 2.36. The van der Waals surface area contributed by atoms with E-state index in [1.54, 1.807) is 32.2 Å². The van der Waals surface area contributed by atoms with Crippen molar-refractivity contribution in [2.24, 2.45) is 0 Å². The second-order valence-corrected chi connectivity index (χ2v) is 4.25. The number of nitrogens with two attached hydrogens (primary N) is 1. The molecule has 0 saturated heterocycles. The van der Waals surface area contributed by atoms with Crippen LogP contribution in [0.4, 0.5) is 15.8 Å². The number of hydrogen-bond acceptors (Lipinski definition) is 3. The maximum atomic E-state index is 13.2. The van der Waals surface area contributed by atoms with Gasteiger partial charge in [0.15, 0.2) is 0 Å². The van der Waals surface area contributed by atoms with Crippen molar-refractivity contribution in [1.29, 1.82) is 0 Å². The van der Waals surface area contributed by atoms with E-state index in [0.29, 0.717) is 22.6 Å². The molecule has 5 heteroatoms. The average Bonchev–Trinajstić information content (AvgIpc) is 2.40. The van der Waals surface area contributed by atoms with Gasteiger partial charge in [-0.3, -0.25) is 9.78 Å². The maximum Gasteiger partial charge on any atom is 0.259 e. The van der Waals surface area contributed by atoms with Gasteiger partial charge in [-0.1, -0.05) is 6.07 Å². The Morgan fingerprint density at radius 2 is 2.11 bits per heavy atom. The van der Waals surface area contributed by atoms with Crippen molar-refractivity contribution in [3.63, 3.8) is 0 Å². The summed E-state index contributed by atoms with van der Waals surface area (Å²) in [7, 11) is 1.58. The Hall–Kier alpha value is -2.43. The Labute approximate surface area is 110 Å². The quantitative estimate of drug-likeness (QED) is 0.900. The van der Waals surface area contributed by atoms with Crippen molar-refractivity contribution in [2.45, 2.75) is 6.92 Å². The first-order valence-corrected chi connectivity index (χ1v) is 5.75. The molecule has 0 bridgehead atoms. The number of carbonyl (C=O) groups is 1. The number of rotatable bonds is 2. The Morgan fingerprint density at radius 3 is 2.79 bits per heavy atom. The number of aromatic nitrogens is 1. The Kier molecular flexibility index (Phi) is 3.46. The molecule has 98 valence electrons. The molecule has 1 aromatic heterocycles. The Bertz CT molecular complexity index is 628. The third-order valence-corrected chi connectivity index (χ3v) is 2.84. The van der Waals surface area contributed by atoms with Crippen LogP contribution in [0.15, 0.2) is 36.5 Å². The smallest absolute Gasteiger partial charge is 0.259 e. The van der Waals surface area contributed by atoms with Crippen LogP contribution in [-0.4, -0.2) is 17.9 Å². The van der Waals surface area contributed by atoms with Crippen molar-refractivity contribution in [3.8, 4) is 0 Å². The van der Waals surface area contributed by atoms with Gasteiger partial charge in [0.25, 0.3) is 5.91 Å². The summed E-state index contributed by atoms with van der Waals surface area (Å²) in [6, 6.07) is 7.41. The van der Waals surface area contributed by atoms with Crippen LogP contribution in [0.5, 0.6) is 0 Å². The summed E-state index contributed by atoms with van der Waals surface area (Å²) >= 11 is 0. The van der Waals surface area contributed by atoms with E-state index >= 15 is 0 Å². The van der Waals surface area contributed by atoms with E-state index < -0.39 is 0 Å². The maximum absolute atomic E-state index is 13.2. The molecule has 0 fully saturated rings. The van der Waals surface area contributed by atoms with Crippen LogP contribution in [0.3, 0.4) is 0 Å². The summed E-state index contributed by atoms with van der Waals surface area (Å²) < 4.78 is 13.2. The number of nitrogens with zero attached hydrogens (tertiary/aromatic N) is 2. The molecule has 1 heterocycles. The number of hydrogen-bond donors (Lipinski definition) is 1. The lowest BCUT2D eigenvalue weighted by atomic mass is 10.1. The van der Waals surface area contributed by atoms with Crippen LogP contribution in [0.25, 0.3) is 0 Å². The van der Waals surface area contributed by atoms with E-state index in [-0.39, 0.29) is 11.7 Å². The molecule has 0 atom stereocenters. The zero-order valence-electron chi connectivity index (χ0n) is 10.7. The Morgan fingerprint density at radius 1 is 1.37 bits per heavy atom. The van der Waals surface area contributed by atoms with Gasteiger partial charge < -0.3 is 10.6 Å². The van der Waals surface area contributed by atoms with E-state index in [1.807, 2.05) is 0 Å². The fraction of sp³-hybridized carbons (Fsp3) is 0.143. The molecule has 0 aliphatic carbocycles. The number of pyridine rings is 1. The predicted molar refractivity (Wildman–Crippen MR) is 72.5 cm³/mol. The van der Waals surface area contributed by atoms with Gasteiger partial charge in [-0.25, -0.2) is 4.39 Å². The zero-order chi connectivity index (χ0) is 14.0. The molecule has 19 heavy (non-hydrogen) atoms. The standard InChI is InChI=1S/C14H14FN3O/c1-9-13(7-11(16)8-17-9)14(19)18(2)12-5-3-4-10(15)6-12/h3-8H,16H2,1-2H3. The molecule has 2 rings (SSSR count). The second-order valence-electron chi connectivity index (χ2n) is 4.25. The van der Waals surface area contributed by atoms with Crippen LogP contribution in [-0.2, 0) is 0 Å². The van der Waals surface area contributed by atoms with Crippen LogP contribution >= 0.6 is 0 Å². The molecule has 0 aliphatic rings. The van der Waals surface area contributed by atoms with Gasteiger partial charge in [0.2, 0.25) is 0 Å². The fourth-order valence-electron chi connectivity index (χ4n) is 1.75. The third-order valence-electron chi connectivity index (χ3n) is 2.84. The molecule has 0 aliphatic heterocycles. The van der Waals surface area contributed by atoms with Gasteiger partial charge in [0.05, 0.1) is 23.1 Å². The summed E-state index contributed by atoms with van der Waals surface area (Å²) in [5.41, 5.74) is 7.53. The van der Waals surface area contributed by atoms with E-state index in [2.05, 4.69) is 4.98 Å². The van der Waals surface area contributed by atoms with Gasteiger partial charge in [0.1, 0.15) is 5.82 Å². The van der Waals surface area contributed by atoms with Gasteiger partial charge in [-0.2, -0.15) is 0 Å². The monoisotopic (exact) mass is 259 g/mol. The summed E-state index contributed by atoms with van der Waals surface area (Å²) in [6.45, 7) is 1.73. The molecule has 0 saturated carbocycles. The van der Waals surface area contributed by atoms with E-state index in [9.17, 15) is 9.18 Å². The van der Waals surface area contributed by atoms with Gasteiger partial charge in [0, 0.05) is 12.7 Å². The number of anilines is 2. The number of halogens is 1. The van der Waals surface area contributed by atoms with Crippen LogP contribution in [0.1, 0.15) is 16.1 Å². The van der Waals surface area contributed by atoms with Crippen molar-refractivity contribution in [3.05, 3.63) is 53.6 Å². The lowest BCUT2D eigenvalue weighted by Gasteiger charge is -2.18. The molecular weight excluding hydrogens is 245 g/mol. The van der Waals surface area contributed by atoms with Crippen LogP contribution in [0, 0.1) is 12.7 Å². The van der Waals surface area contributed by atoms with Crippen molar-refractivity contribution in [1.82, 2.24) is 4.98 Å². The molecule has 2 aromatic rings. The van der Waals surface area contributed by atoms with E-state index in [1.165, 1.54) is 23.2 Å². The summed E-state index contributed by atoms with van der Waals surface area (Å²) in [4.78, 5) is 17.8. The zero-order valence-corrected chi connectivity index (χ0v) is 10.7. The molecule has 0 radical (unpaired) electrons. The molecule has 0 spiro atoms. The number of carbonyl (C=O) groups excluding carboxylic acids is 1. The largest absolute Gasteiger partial charge is 0.397 e. The van der Waals surface area contributed by atoms with Crippen molar-refractivity contribution in [2.75, 3.05) is 17.7 Å². The number of benzene rings is 1. The highest BCUT2D eigenvalue weighted by atomic mass is 19.1. The number of amides is 1. The van der Waals surface area contributed by atoms with Crippen molar-refractivity contribution >= 4 is 17.3 Å². The minimum atomic E-state index is -0.389. The fourth-order valence-corrected chi connectivity index (χ4v) is 1.75. The first-order chi connectivity index (χ1) is 8.99. The number of nitrogen functional groups attached to an aromatic ring is 1. The molecule has 0 unspecified atom stereocenters. The van der Waals surface area contributed by atoms with Gasteiger partial charge in [-0.15, -0.1) is 0 Å². The third kappa shape index (κ3) is 2.70. The first-order valence-electron chi connectivity index (χ1n) is 5.75. The van der Waals surface area contributed by atoms with Crippen molar-refractivity contribution < 1.29 is 9.18 Å². The normalized spacial score (nSPS) is 10.3. The van der Waals surface area contributed by atoms with E-state index in [4.69, 9.17) is 5.73 Å². The second kappa shape index (κ2) is 5.06.